The molecule has 0 heterocycles. The van der Waals surface area contributed by atoms with Crippen molar-refractivity contribution in [1.82, 2.24) is 0 Å². The highest BCUT2D eigenvalue weighted by molar-refractivity contribution is 5.70. The van der Waals surface area contributed by atoms with E-state index in [2.05, 4.69) is 0 Å². The summed E-state index contributed by atoms with van der Waals surface area (Å²) in [6, 6.07) is 0. The fourth-order valence-electron chi connectivity index (χ4n) is 2.33. The van der Waals surface area contributed by atoms with E-state index in [0.717, 1.165) is 25.7 Å². The number of ether oxygens (including phenoxy) is 2. The molecule has 0 aliphatic heterocycles. The van der Waals surface area contributed by atoms with Gasteiger partial charge in [-0.25, -0.2) is 0 Å². The third-order valence-corrected chi connectivity index (χ3v) is 3.20. The second-order valence-corrected chi connectivity index (χ2v) is 5.74. The molecule has 1 aliphatic carbocycles. The van der Waals surface area contributed by atoms with Crippen molar-refractivity contribution >= 4 is 11.9 Å². The molecule has 0 N–H and O–H groups in total. The Bertz CT molecular complexity index is 300. The predicted octanol–water partition coefficient (Wildman–Crippen LogP) is 5.28. The van der Waals surface area contributed by atoms with Crippen molar-refractivity contribution in [2.24, 2.45) is 5.92 Å². The summed E-state index contributed by atoms with van der Waals surface area (Å²) in [6.45, 7) is 14.0. The van der Waals surface area contributed by atoms with Gasteiger partial charge < -0.3 is 9.47 Å². The molecule has 0 aromatic carbocycles. The monoisotopic (exact) mass is 330 g/mol. The lowest BCUT2D eigenvalue weighted by atomic mass is 9.94. The summed E-state index contributed by atoms with van der Waals surface area (Å²) < 4.78 is 10.8. The Labute approximate surface area is 143 Å². The van der Waals surface area contributed by atoms with E-state index in [-0.39, 0.29) is 24.1 Å². The van der Waals surface area contributed by atoms with Gasteiger partial charge in [0.25, 0.3) is 0 Å². The zero-order valence-corrected chi connectivity index (χ0v) is 16.3. The Hall–Kier alpha value is -1.06. The van der Waals surface area contributed by atoms with Gasteiger partial charge in [-0.15, -0.1) is 0 Å². The molecule has 4 nitrogen and oxygen atoms in total. The lowest BCUT2D eigenvalue weighted by molar-refractivity contribution is -0.159. The van der Waals surface area contributed by atoms with Gasteiger partial charge in [0, 0.05) is 19.3 Å². The van der Waals surface area contributed by atoms with E-state index in [4.69, 9.17) is 9.47 Å². The fraction of sp³-hybridized carbons (Fsp3) is 0.895. The number of carbonyl (C=O) groups is 2. The quantitative estimate of drug-likeness (QED) is 0.621. The summed E-state index contributed by atoms with van der Waals surface area (Å²) in [4.78, 5) is 23.1. The molecule has 2 atom stereocenters. The van der Waals surface area contributed by atoms with E-state index < -0.39 is 0 Å². The first-order valence-electron chi connectivity index (χ1n) is 9.40. The van der Waals surface area contributed by atoms with Crippen molar-refractivity contribution in [2.45, 2.75) is 106 Å². The van der Waals surface area contributed by atoms with E-state index in [0.29, 0.717) is 25.2 Å². The third-order valence-electron chi connectivity index (χ3n) is 3.20. The molecule has 4 heteroatoms. The first-order valence-corrected chi connectivity index (χ1v) is 9.40. The maximum Gasteiger partial charge on any atom is 0.306 e. The molecule has 0 saturated heterocycles. The molecule has 0 radical (unpaired) electrons. The van der Waals surface area contributed by atoms with Gasteiger partial charge in [0.05, 0.1) is 0 Å². The topological polar surface area (TPSA) is 52.6 Å². The van der Waals surface area contributed by atoms with Crippen molar-refractivity contribution in [3.8, 4) is 0 Å². The van der Waals surface area contributed by atoms with E-state index in [1.54, 1.807) is 0 Å². The van der Waals surface area contributed by atoms with Crippen LogP contribution in [-0.4, -0.2) is 24.1 Å². The smallest absolute Gasteiger partial charge is 0.306 e. The van der Waals surface area contributed by atoms with Crippen LogP contribution in [0.5, 0.6) is 0 Å². The summed E-state index contributed by atoms with van der Waals surface area (Å²) in [5, 5.41) is 0. The van der Waals surface area contributed by atoms with Crippen molar-refractivity contribution in [1.29, 1.82) is 0 Å². The molecule has 1 rings (SSSR count). The van der Waals surface area contributed by atoms with Crippen molar-refractivity contribution in [3.63, 3.8) is 0 Å². The average molecular weight is 331 g/mol. The van der Waals surface area contributed by atoms with Crippen LogP contribution < -0.4 is 0 Å². The second-order valence-electron chi connectivity index (χ2n) is 5.74. The van der Waals surface area contributed by atoms with Crippen molar-refractivity contribution < 1.29 is 19.1 Å². The Kier molecular flexibility index (Phi) is 16.6. The van der Waals surface area contributed by atoms with E-state index >= 15 is 0 Å². The summed E-state index contributed by atoms with van der Waals surface area (Å²) in [5.74, 6) is 0.0384. The third kappa shape index (κ3) is 13.1. The molecule has 0 amide bonds. The maximum atomic E-state index is 11.6. The molecule has 0 spiro atoms. The number of carbonyl (C=O) groups excluding carboxylic acids is 2. The van der Waals surface area contributed by atoms with Gasteiger partial charge >= 0.3 is 11.9 Å². The highest BCUT2D eigenvalue weighted by Crippen LogP contribution is 2.24. The van der Waals surface area contributed by atoms with Gasteiger partial charge in [0.15, 0.2) is 0 Å². The van der Waals surface area contributed by atoms with Gasteiger partial charge in [0.1, 0.15) is 12.2 Å². The Morgan fingerprint density at radius 2 is 1.43 bits per heavy atom. The zero-order valence-electron chi connectivity index (χ0n) is 16.3. The Balaban J connectivity index is 0. The van der Waals surface area contributed by atoms with Crippen LogP contribution in [-0.2, 0) is 19.1 Å². The number of rotatable bonds is 6. The second kappa shape index (κ2) is 15.8. The molecule has 0 bridgehead atoms. The maximum absolute atomic E-state index is 11.6. The standard InChI is InChI=1S/C15H26O4.2C2H6/c1-4-6-14(16)18-12-7-5-8-13(10-12)19-15(17)9-11(2)3;2*1-2/h11-13H,4-10H2,1-3H3;2*1-2H3. The number of esters is 2. The summed E-state index contributed by atoms with van der Waals surface area (Å²) >= 11 is 0. The molecule has 1 aliphatic rings. The van der Waals surface area contributed by atoms with Gasteiger partial charge in [-0.05, 0) is 31.6 Å². The highest BCUT2D eigenvalue weighted by Gasteiger charge is 2.27. The minimum atomic E-state index is -0.138. The van der Waals surface area contributed by atoms with Crippen LogP contribution in [0, 0.1) is 5.92 Å². The summed E-state index contributed by atoms with van der Waals surface area (Å²) in [6.07, 6.45) is 4.93. The molecule has 0 aromatic heterocycles. The van der Waals surface area contributed by atoms with Gasteiger partial charge in [-0.3, -0.25) is 9.59 Å². The minimum Gasteiger partial charge on any atom is -0.462 e. The Morgan fingerprint density at radius 3 is 1.87 bits per heavy atom. The van der Waals surface area contributed by atoms with E-state index in [1.807, 2.05) is 48.5 Å². The largest absolute Gasteiger partial charge is 0.462 e. The van der Waals surface area contributed by atoms with Crippen LogP contribution in [0.15, 0.2) is 0 Å². The normalized spacial score (nSPS) is 19.7. The molecule has 1 fully saturated rings. The van der Waals surface area contributed by atoms with Crippen molar-refractivity contribution in [3.05, 3.63) is 0 Å². The minimum absolute atomic E-state index is 0.0790. The molecule has 0 aromatic rings. The molecule has 23 heavy (non-hydrogen) atoms. The van der Waals surface area contributed by atoms with Gasteiger partial charge in [0.2, 0.25) is 0 Å². The van der Waals surface area contributed by atoms with Crippen LogP contribution in [0.4, 0.5) is 0 Å². The van der Waals surface area contributed by atoms with Gasteiger partial charge in [-0.1, -0.05) is 48.5 Å². The zero-order chi connectivity index (χ0) is 18.3. The van der Waals surface area contributed by atoms with E-state index in [9.17, 15) is 9.59 Å². The van der Waals surface area contributed by atoms with Crippen LogP contribution in [0.2, 0.25) is 0 Å². The predicted molar refractivity (Wildman–Crippen MR) is 95.3 cm³/mol. The molecule has 138 valence electrons. The fourth-order valence-corrected chi connectivity index (χ4v) is 2.33. The molecule has 2 unspecified atom stereocenters. The number of hydrogen-bond acceptors (Lipinski definition) is 4. The highest BCUT2D eigenvalue weighted by atomic mass is 16.6. The van der Waals surface area contributed by atoms with Crippen LogP contribution in [0.3, 0.4) is 0 Å². The summed E-state index contributed by atoms with van der Waals surface area (Å²) in [5.41, 5.74) is 0. The van der Waals surface area contributed by atoms with Crippen LogP contribution in [0.1, 0.15) is 93.4 Å². The first kappa shape index (κ1) is 24.2. The molecular weight excluding hydrogens is 292 g/mol. The molecular formula is C19H38O4. The Morgan fingerprint density at radius 1 is 0.957 bits per heavy atom. The summed E-state index contributed by atoms with van der Waals surface area (Å²) in [7, 11) is 0. The van der Waals surface area contributed by atoms with Crippen LogP contribution in [0.25, 0.3) is 0 Å². The van der Waals surface area contributed by atoms with Gasteiger partial charge in [-0.2, -0.15) is 0 Å². The average Bonchev–Trinajstić information content (AvgIpc) is 2.51. The SMILES string of the molecule is CC.CC.CCCC(=O)OC1CCCC(OC(=O)CC(C)C)C1. The lowest BCUT2D eigenvalue weighted by Crippen LogP contribution is -2.31. The van der Waals surface area contributed by atoms with Crippen LogP contribution >= 0.6 is 0 Å². The lowest BCUT2D eigenvalue weighted by Gasteiger charge is -2.28. The van der Waals surface area contributed by atoms with E-state index in [1.165, 1.54) is 0 Å². The molecule has 1 saturated carbocycles. The van der Waals surface area contributed by atoms with Crippen molar-refractivity contribution in [2.75, 3.05) is 0 Å². The first-order chi connectivity index (χ1) is 11.0. The number of hydrogen-bond donors (Lipinski definition) is 0.